The van der Waals surface area contributed by atoms with Crippen LogP contribution >= 0.6 is 11.6 Å². The molecule has 1 aromatic heterocycles. The number of nitrogens with zero attached hydrogens (tertiary/aromatic N) is 2. The van der Waals surface area contributed by atoms with E-state index in [1.54, 1.807) is 0 Å². The molecule has 1 aliphatic rings. The summed E-state index contributed by atoms with van der Waals surface area (Å²) in [6, 6.07) is 0. The highest BCUT2D eigenvalue weighted by Gasteiger charge is 2.26. The highest BCUT2D eigenvalue weighted by molar-refractivity contribution is 6.29. The van der Waals surface area contributed by atoms with E-state index in [1.807, 2.05) is 33.2 Å². The molecule has 1 aromatic rings. The number of fused-ring (bicyclic) bond motifs is 1. The largest absolute Gasteiger partial charge is 0.334 e. The van der Waals surface area contributed by atoms with Gasteiger partial charge in [0.1, 0.15) is 5.69 Å². The molecule has 0 saturated carbocycles. The Hall–Kier alpha value is -1.09. The van der Waals surface area contributed by atoms with E-state index in [-0.39, 0.29) is 11.7 Å². The minimum absolute atomic E-state index is 0.0600. The molecule has 1 aliphatic heterocycles. The van der Waals surface area contributed by atoms with Crippen LogP contribution in [-0.4, -0.2) is 15.3 Å². The van der Waals surface area contributed by atoms with Gasteiger partial charge in [-0.15, -0.1) is 0 Å². The number of hydrogen-bond donors (Lipinski definition) is 0. The van der Waals surface area contributed by atoms with E-state index in [1.165, 1.54) is 0 Å². The molecule has 2 atom stereocenters. The molecule has 0 N–H and O–H groups in total. The van der Waals surface area contributed by atoms with Gasteiger partial charge in [0, 0.05) is 23.2 Å². The number of allylic oxidation sites excluding steroid dienone is 2. The van der Waals surface area contributed by atoms with Crippen LogP contribution in [0, 0.1) is 11.8 Å². The molecule has 0 aromatic carbocycles. The van der Waals surface area contributed by atoms with E-state index in [0.717, 1.165) is 43.0 Å². The fourth-order valence-electron chi connectivity index (χ4n) is 2.72. The first kappa shape index (κ1) is 15.3. The van der Waals surface area contributed by atoms with Gasteiger partial charge in [-0.05, 0) is 38.5 Å². The molecule has 0 spiro atoms. The Morgan fingerprint density at radius 3 is 3.05 bits per heavy atom. The number of imidazole rings is 1. The van der Waals surface area contributed by atoms with Crippen molar-refractivity contribution in [2.24, 2.45) is 11.8 Å². The van der Waals surface area contributed by atoms with Crippen LogP contribution in [0.3, 0.4) is 0 Å². The van der Waals surface area contributed by atoms with Gasteiger partial charge in [-0.1, -0.05) is 31.5 Å². The van der Waals surface area contributed by atoms with E-state index in [0.29, 0.717) is 11.6 Å². The zero-order valence-corrected chi connectivity index (χ0v) is 13.3. The van der Waals surface area contributed by atoms with Crippen molar-refractivity contribution in [1.29, 1.82) is 0 Å². The van der Waals surface area contributed by atoms with Crippen LogP contribution in [0.1, 0.15) is 56.2 Å². The normalized spacial score (nSPS) is 20.6. The number of ketones is 1. The molecule has 0 aliphatic carbocycles. The molecular weight excluding hydrogens is 272 g/mol. The van der Waals surface area contributed by atoms with E-state index in [9.17, 15) is 4.79 Å². The van der Waals surface area contributed by atoms with Crippen LogP contribution in [0.5, 0.6) is 0 Å². The minimum Gasteiger partial charge on any atom is -0.334 e. The molecule has 2 unspecified atom stereocenters. The highest BCUT2D eigenvalue weighted by atomic mass is 35.5. The Balaban J connectivity index is 2.13. The molecule has 0 radical (unpaired) electrons. The first-order valence-electron chi connectivity index (χ1n) is 7.45. The molecule has 0 saturated heterocycles. The molecular formula is C16H23ClN2O. The summed E-state index contributed by atoms with van der Waals surface area (Å²) in [5, 5.41) is 0.925. The standard InChI is InChI=1S/C16H23ClN2O/c1-4-11(3)16(20)15-14-7-6-12(8-13(17)5-2)9-19(14)10-18-15/h5,10-12H,4,6-9H2,1-3H3/b13-5-. The minimum atomic E-state index is 0.0600. The fraction of sp³-hybridized carbons (Fsp3) is 0.625. The second-order valence-electron chi connectivity index (χ2n) is 5.71. The van der Waals surface area contributed by atoms with Crippen LogP contribution < -0.4 is 0 Å². The van der Waals surface area contributed by atoms with E-state index in [2.05, 4.69) is 9.55 Å². The zero-order chi connectivity index (χ0) is 14.7. The number of aromatic nitrogens is 2. The number of carbonyl (C=O) groups is 1. The third kappa shape index (κ3) is 3.14. The van der Waals surface area contributed by atoms with Crippen molar-refractivity contribution in [2.45, 2.75) is 53.0 Å². The van der Waals surface area contributed by atoms with Gasteiger partial charge in [-0.25, -0.2) is 4.98 Å². The average Bonchev–Trinajstić information content (AvgIpc) is 2.88. The van der Waals surface area contributed by atoms with Crippen molar-refractivity contribution in [3.8, 4) is 0 Å². The monoisotopic (exact) mass is 294 g/mol. The predicted octanol–water partition coefficient (Wildman–Crippen LogP) is 4.21. The van der Waals surface area contributed by atoms with Crippen LogP contribution in [0.25, 0.3) is 0 Å². The van der Waals surface area contributed by atoms with Crippen LogP contribution in [0.4, 0.5) is 0 Å². The van der Waals surface area contributed by atoms with Crippen molar-refractivity contribution >= 4 is 17.4 Å². The van der Waals surface area contributed by atoms with Gasteiger partial charge in [0.25, 0.3) is 0 Å². The van der Waals surface area contributed by atoms with Crippen LogP contribution in [0.15, 0.2) is 17.4 Å². The summed E-state index contributed by atoms with van der Waals surface area (Å²) in [6.07, 6.45) is 7.57. The Bertz CT molecular complexity index is 519. The lowest BCUT2D eigenvalue weighted by Crippen LogP contribution is -2.22. The molecule has 0 fully saturated rings. The van der Waals surface area contributed by atoms with E-state index in [4.69, 9.17) is 11.6 Å². The number of Topliss-reactive ketones (excluding diaryl/α,β-unsaturated/α-hetero) is 1. The summed E-state index contributed by atoms with van der Waals surface area (Å²) in [5.41, 5.74) is 1.80. The van der Waals surface area contributed by atoms with Gasteiger partial charge in [0.2, 0.25) is 0 Å². The lowest BCUT2D eigenvalue weighted by atomic mass is 9.92. The topological polar surface area (TPSA) is 34.9 Å². The second kappa shape index (κ2) is 6.57. The highest BCUT2D eigenvalue weighted by Crippen LogP contribution is 2.29. The second-order valence-corrected chi connectivity index (χ2v) is 6.20. The Morgan fingerprint density at radius 2 is 2.40 bits per heavy atom. The average molecular weight is 295 g/mol. The van der Waals surface area contributed by atoms with Crippen molar-refractivity contribution in [1.82, 2.24) is 9.55 Å². The SMILES string of the molecule is C/C=C(\Cl)CC1CCc2c(C(=O)C(C)CC)ncn2C1. The van der Waals surface area contributed by atoms with Gasteiger partial charge < -0.3 is 4.57 Å². The summed E-state index contributed by atoms with van der Waals surface area (Å²) in [4.78, 5) is 16.7. The maximum Gasteiger partial charge on any atom is 0.185 e. The lowest BCUT2D eigenvalue weighted by molar-refractivity contribution is 0.0921. The maximum atomic E-state index is 12.3. The van der Waals surface area contributed by atoms with Gasteiger partial charge in [0.15, 0.2) is 5.78 Å². The quantitative estimate of drug-likeness (QED) is 0.763. The Labute approximate surface area is 126 Å². The maximum absolute atomic E-state index is 12.3. The third-order valence-corrected chi connectivity index (χ3v) is 4.65. The molecule has 2 heterocycles. The smallest absolute Gasteiger partial charge is 0.185 e. The summed E-state index contributed by atoms with van der Waals surface area (Å²) in [6.45, 7) is 6.91. The molecule has 3 nitrogen and oxygen atoms in total. The molecule has 4 heteroatoms. The van der Waals surface area contributed by atoms with Gasteiger partial charge in [-0.2, -0.15) is 0 Å². The zero-order valence-electron chi connectivity index (χ0n) is 12.5. The molecule has 110 valence electrons. The lowest BCUT2D eigenvalue weighted by Gasteiger charge is -2.24. The van der Waals surface area contributed by atoms with Crippen LogP contribution in [-0.2, 0) is 13.0 Å². The molecule has 20 heavy (non-hydrogen) atoms. The summed E-state index contributed by atoms with van der Waals surface area (Å²) >= 11 is 6.12. The Morgan fingerprint density at radius 1 is 1.65 bits per heavy atom. The van der Waals surface area contributed by atoms with Crippen molar-refractivity contribution in [3.63, 3.8) is 0 Å². The number of halogens is 1. The third-order valence-electron chi connectivity index (χ3n) is 4.28. The summed E-state index contributed by atoms with van der Waals surface area (Å²) in [7, 11) is 0. The van der Waals surface area contributed by atoms with Crippen molar-refractivity contribution < 1.29 is 4.79 Å². The number of hydrogen-bond acceptors (Lipinski definition) is 2. The van der Waals surface area contributed by atoms with Gasteiger partial charge in [-0.3, -0.25) is 4.79 Å². The Kier molecular flexibility index (Phi) is 5.03. The molecule has 2 rings (SSSR count). The van der Waals surface area contributed by atoms with Gasteiger partial charge >= 0.3 is 0 Å². The van der Waals surface area contributed by atoms with E-state index < -0.39 is 0 Å². The van der Waals surface area contributed by atoms with Gasteiger partial charge in [0.05, 0.1) is 6.33 Å². The van der Waals surface area contributed by atoms with E-state index >= 15 is 0 Å². The predicted molar refractivity (Wildman–Crippen MR) is 82.1 cm³/mol. The van der Waals surface area contributed by atoms with Crippen molar-refractivity contribution in [2.75, 3.05) is 0 Å². The molecule has 0 bridgehead atoms. The number of carbonyl (C=O) groups excluding carboxylic acids is 1. The molecule has 0 amide bonds. The summed E-state index contributed by atoms with van der Waals surface area (Å²) < 4.78 is 2.14. The number of rotatable bonds is 5. The first-order chi connectivity index (χ1) is 9.56. The fourth-order valence-corrected chi connectivity index (χ4v) is 2.94. The summed E-state index contributed by atoms with van der Waals surface area (Å²) in [5.74, 6) is 0.794. The van der Waals surface area contributed by atoms with Crippen LogP contribution in [0.2, 0.25) is 0 Å². The van der Waals surface area contributed by atoms with Crippen molar-refractivity contribution in [3.05, 3.63) is 28.8 Å². The first-order valence-corrected chi connectivity index (χ1v) is 7.83.